The maximum Gasteiger partial charge on any atom is 0.160 e. The van der Waals surface area contributed by atoms with Gasteiger partial charge in [0.1, 0.15) is 0 Å². The summed E-state index contributed by atoms with van der Waals surface area (Å²) in [6, 6.07) is 73.7. The van der Waals surface area contributed by atoms with Crippen molar-refractivity contribution in [1.82, 2.24) is 9.97 Å². The van der Waals surface area contributed by atoms with E-state index in [-0.39, 0.29) is 5.41 Å². The normalized spacial score (nSPS) is 12.5. The first-order valence-corrected chi connectivity index (χ1v) is 19.6. The zero-order chi connectivity index (χ0) is 38.3. The summed E-state index contributed by atoms with van der Waals surface area (Å²) >= 11 is 0. The molecule has 1 aromatic heterocycles. The summed E-state index contributed by atoms with van der Waals surface area (Å²) in [4.78, 5) is 10.4. The summed E-state index contributed by atoms with van der Waals surface area (Å²) < 4.78 is 0. The van der Waals surface area contributed by atoms with Crippen molar-refractivity contribution in [2.45, 2.75) is 19.3 Å². The third-order valence-electron chi connectivity index (χ3n) is 11.5. The van der Waals surface area contributed by atoms with Crippen molar-refractivity contribution in [1.29, 1.82) is 0 Å². The molecule has 0 aliphatic heterocycles. The molecule has 0 saturated heterocycles. The second-order valence-corrected chi connectivity index (χ2v) is 15.4. The van der Waals surface area contributed by atoms with E-state index in [1.165, 1.54) is 55.6 Å². The molecule has 0 radical (unpaired) electrons. The van der Waals surface area contributed by atoms with Crippen LogP contribution in [0.4, 0.5) is 0 Å². The molecule has 0 unspecified atom stereocenters. The SMILES string of the molecule is CC1(C)c2ccccc2-c2c(-c3cccc(-c4ccc(-c5nc(-c6ccc(-c7ccccc7)cc6)cc(-c6cccc(-c7ccccc7)c6)n5)cc4)c3)cccc21. The van der Waals surface area contributed by atoms with Gasteiger partial charge in [-0.15, -0.1) is 0 Å². The molecule has 2 heteroatoms. The fourth-order valence-electron chi connectivity index (χ4n) is 8.50. The first-order valence-electron chi connectivity index (χ1n) is 19.6. The van der Waals surface area contributed by atoms with E-state index in [0.29, 0.717) is 5.82 Å². The summed E-state index contributed by atoms with van der Waals surface area (Å²) in [5.41, 5.74) is 19.8. The Labute approximate surface area is 334 Å². The molecule has 10 rings (SSSR count). The number of benzene rings is 8. The van der Waals surface area contributed by atoms with Crippen LogP contribution in [0.25, 0.3) is 89.5 Å². The van der Waals surface area contributed by atoms with E-state index in [1.54, 1.807) is 0 Å². The second-order valence-electron chi connectivity index (χ2n) is 15.4. The Kier molecular flexibility index (Phi) is 8.53. The van der Waals surface area contributed by atoms with Gasteiger partial charge in [0.05, 0.1) is 11.4 Å². The number of aromatic nitrogens is 2. The molecule has 270 valence electrons. The molecule has 0 atom stereocenters. The lowest BCUT2D eigenvalue weighted by molar-refractivity contribution is 0.660. The number of nitrogens with zero attached hydrogens (tertiary/aromatic N) is 2. The lowest BCUT2D eigenvalue weighted by atomic mass is 9.82. The van der Waals surface area contributed by atoms with Crippen LogP contribution in [0.15, 0.2) is 206 Å². The van der Waals surface area contributed by atoms with Gasteiger partial charge in [0.2, 0.25) is 0 Å². The van der Waals surface area contributed by atoms with Crippen LogP contribution < -0.4 is 0 Å². The standard InChI is InChI=1S/C55H40N2/c1-55(2)49-24-10-9-22-48(49)53-47(23-13-25-50(53)55)45-20-11-18-43(34-45)40-28-32-42(33-29-40)54-56-51(41-30-26-39(27-31-41)37-14-5-3-6-15-37)36-52(57-54)46-21-12-19-44(35-46)38-16-7-4-8-17-38/h3-36H,1-2H3. The fourth-order valence-corrected chi connectivity index (χ4v) is 8.50. The van der Waals surface area contributed by atoms with Crippen molar-refractivity contribution < 1.29 is 0 Å². The predicted molar refractivity (Wildman–Crippen MR) is 238 cm³/mol. The van der Waals surface area contributed by atoms with Crippen molar-refractivity contribution in [3.63, 3.8) is 0 Å². The van der Waals surface area contributed by atoms with Crippen LogP contribution in [0.5, 0.6) is 0 Å². The minimum absolute atomic E-state index is 0.0368. The Hall–Kier alpha value is -7.16. The average Bonchev–Trinajstić information content (AvgIpc) is 3.53. The van der Waals surface area contributed by atoms with E-state index in [1.807, 2.05) is 6.07 Å². The van der Waals surface area contributed by atoms with Gasteiger partial charge < -0.3 is 0 Å². The lowest BCUT2D eigenvalue weighted by Crippen LogP contribution is -2.14. The smallest absolute Gasteiger partial charge is 0.160 e. The molecule has 0 spiro atoms. The highest BCUT2D eigenvalue weighted by Crippen LogP contribution is 2.52. The highest BCUT2D eigenvalue weighted by Gasteiger charge is 2.36. The molecular weight excluding hydrogens is 689 g/mol. The van der Waals surface area contributed by atoms with E-state index in [0.717, 1.165) is 39.2 Å². The molecule has 0 amide bonds. The second kappa shape index (κ2) is 14.2. The Morgan fingerprint density at radius 1 is 0.298 bits per heavy atom. The molecular formula is C55H40N2. The average molecular weight is 729 g/mol. The fraction of sp³-hybridized carbons (Fsp3) is 0.0545. The first-order chi connectivity index (χ1) is 28.0. The number of hydrogen-bond acceptors (Lipinski definition) is 2. The molecule has 1 aliphatic carbocycles. The molecule has 0 saturated carbocycles. The Morgan fingerprint density at radius 3 is 1.40 bits per heavy atom. The molecule has 0 N–H and O–H groups in total. The zero-order valence-electron chi connectivity index (χ0n) is 32.0. The maximum absolute atomic E-state index is 5.21. The van der Waals surface area contributed by atoms with E-state index in [2.05, 4.69) is 214 Å². The monoisotopic (exact) mass is 728 g/mol. The lowest BCUT2D eigenvalue weighted by Gasteiger charge is -2.21. The van der Waals surface area contributed by atoms with Gasteiger partial charge in [0.15, 0.2) is 5.82 Å². The minimum Gasteiger partial charge on any atom is -0.228 e. The molecule has 1 aliphatic rings. The van der Waals surface area contributed by atoms with Crippen LogP contribution in [0, 0.1) is 0 Å². The molecule has 0 fully saturated rings. The van der Waals surface area contributed by atoms with Crippen molar-refractivity contribution in [3.05, 3.63) is 217 Å². The van der Waals surface area contributed by atoms with Crippen molar-refractivity contribution in [2.75, 3.05) is 0 Å². The largest absolute Gasteiger partial charge is 0.228 e. The topological polar surface area (TPSA) is 25.8 Å². The molecule has 9 aromatic rings. The van der Waals surface area contributed by atoms with Crippen molar-refractivity contribution in [2.24, 2.45) is 0 Å². The van der Waals surface area contributed by atoms with Crippen molar-refractivity contribution in [3.8, 4) is 89.5 Å². The molecule has 8 aromatic carbocycles. The number of hydrogen-bond donors (Lipinski definition) is 0. The van der Waals surface area contributed by atoms with Gasteiger partial charge in [-0.2, -0.15) is 0 Å². The molecule has 2 nitrogen and oxygen atoms in total. The van der Waals surface area contributed by atoms with Crippen molar-refractivity contribution >= 4 is 0 Å². The zero-order valence-corrected chi connectivity index (χ0v) is 32.0. The van der Waals surface area contributed by atoms with Crippen LogP contribution in [0.1, 0.15) is 25.0 Å². The van der Waals surface area contributed by atoms with E-state index in [4.69, 9.17) is 9.97 Å². The summed E-state index contributed by atoms with van der Waals surface area (Å²) in [7, 11) is 0. The molecule has 57 heavy (non-hydrogen) atoms. The Balaban J connectivity index is 1.02. The van der Waals surface area contributed by atoms with Gasteiger partial charge in [-0.3, -0.25) is 0 Å². The van der Waals surface area contributed by atoms with Gasteiger partial charge in [0.25, 0.3) is 0 Å². The van der Waals surface area contributed by atoms with Gasteiger partial charge in [0, 0.05) is 22.1 Å². The van der Waals surface area contributed by atoms with E-state index >= 15 is 0 Å². The van der Waals surface area contributed by atoms with Crippen LogP contribution in [0.2, 0.25) is 0 Å². The van der Waals surface area contributed by atoms with Gasteiger partial charge in [-0.05, 0) is 85.0 Å². The van der Waals surface area contributed by atoms with Gasteiger partial charge >= 0.3 is 0 Å². The van der Waals surface area contributed by atoms with E-state index < -0.39 is 0 Å². The Bertz CT molecular complexity index is 2890. The third-order valence-corrected chi connectivity index (χ3v) is 11.5. The summed E-state index contributed by atoms with van der Waals surface area (Å²) in [6.45, 7) is 4.68. The first kappa shape index (κ1) is 34.3. The summed E-state index contributed by atoms with van der Waals surface area (Å²) in [5, 5.41) is 0. The molecule has 1 heterocycles. The summed E-state index contributed by atoms with van der Waals surface area (Å²) in [6.07, 6.45) is 0. The highest BCUT2D eigenvalue weighted by atomic mass is 14.9. The van der Waals surface area contributed by atoms with Gasteiger partial charge in [-0.1, -0.05) is 202 Å². The number of fused-ring (bicyclic) bond motifs is 3. The number of rotatable bonds is 7. The summed E-state index contributed by atoms with van der Waals surface area (Å²) in [5.74, 6) is 0.696. The van der Waals surface area contributed by atoms with Crippen LogP contribution in [0.3, 0.4) is 0 Å². The van der Waals surface area contributed by atoms with Crippen LogP contribution >= 0.6 is 0 Å². The highest BCUT2D eigenvalue weighted by molar-refractivity contribution is 5.93. The quantitative estimate of drug-likeness (QED) is 0.163. The minimum atomic E-state index is -0.0368. The third kappa shape index (κ3) is 6.36. The maximum atomic E-state index is 5.21. The Morgan fingerprint density at radius 2 is 0.719 bits per heavy atom. The van der Waals surface area contributed by atoms with Crippen LogP contribution in [-0.2, 0) is 5.41 Å². The van der Waals surface area contributed by atoms with Crippen LogP contribution in [-0.4, -0.2) is 9.97 Å². The van der Waals surface area contributed by atoms with E-state index in [9.17, 15) is 0 Å². The molecule has 0 bridgehead atoms. The predicted octanol–water partition coefficient (Wildman–Crippen LogP) is 14.5. The van der Waals surface area contributed by atoms with Gasteiger partial charge in [-0.25, -0.2) is 9.97 Å².